The van der Waals surface area contributed by atoms with Crippen LogP contribution in [-0.4, -0.2) is 31.8 Å². The number of fused-ring (bicyclic) bond motifs is 1. The third-order valence-corrected chi connectivity index (χ3v) is 6.16. The van der Waals surface area contributed by atoms with E-state index in [1.54, 1.807) is 7.11 Å². The lowest BCUT2D eigenvalue weighted by molar-refractivity contribution is 0.114. The number of nitrogens with zero attached hydrogens (tertiary/aromatic N) is 1. The Morgan fingerprint density at radius 2 is 1.88 bits per heavy atom. The van der Waals surface area contributed by atoms with Crippen molar-refractivity contribution in [2.45, 2.75) is 38.6 Å². The predicted octanol–water partition coefficient (Wildman–Crippen LogP) is 6.34. The molecule has 2 heterocycles. The van der Waals surface area contributed by atoms with E-state index in [1.807, 2.05) is 19.1 Å². The Morgan fingerprint density at radius 1 is 1.09 bits per heavy atom. The zero-order valence-electron chi connectivity index (χ0n) is 18.5. The van der Waals surface area contributed by atoms with Crippen molar-refractivity contribution in [3.05, 3.63) is 81.8 Å². The Kier molecular flexibility index (Phi) is 6.89. The topological polar surface area (TPSA) is 21.7 Å². The van der Waals surface area contributed by atoms with Crippen molar-refractivity contribution in [1.29, 1.82) is 0 Å². The number of rotatable bonds is 3. The van der Waals surface area contributed by atoms with Crippen LogP contribution < -0.4 is 4.74 Å². The standard InChI is InChI=1S/C26H28F3NO2/c1-17-7-8-18(14-25(17)31-2)13-19-5-3-10-30-23(19)6-4-11-32-12-9-24(30)20-15-21(27)26(29)22(28)16-20/h6-8,13-16,24H,3-5,9-12H2,1-2H3. The number of piperidine rings is 1. The van der Waals surface area contributed by atoms with Gasteiger partial charge in [-0.2, -0.15) is 0 Å². The molecule has 0 saturated carbocycles. The maximum Gasteiger partial charge on any atom is 0.194 e. The van der Waals surface area contributed by atoms with E-state index in [4.69, 9.17) is 9.47 Å². The molecule has 2 aliphatic rings. The summed E-state index contributed by atoms with van der Waals surface area (Å²) >= 11 is 0. The van der Waals surface area contributed by atoms with Crippen LogP contribution in [0.15, 0.2) is 47.7 Å². The highest BCUT2D eigenvalue weighted by atomic mass is 19.2. The molecule has 0 N–H and O–H groups in total. The molecule has 1 fully saturated rings. The molecule has 0 aliphatic carbocycles. The second kappa shape index (κ2) is 9.82. The smallest absolute Gasteiger partial charge is 0.194 e. The summed E-state index contributed by atoms with van der Waals surface area (Å²) in [5, 5.41) is 0. The van der Waals surface area contributed by atoms with Gasteiger partial charge in [0.25, 0.3) is 0 Å². The number of halogens is 3. The summed E-state index contributed by atoms with van der Waals surface area (Å²) in [7, 11) is 1.66. The average molecular weight is 444 g/mol. The molecule has 1 saturated heterocycles. The first-order chi connectivity index (χ1) is 15.5. The van der Waals surface area contributed by atoms with Crippen LogP contribution in [0.1, 0.15) is 48.4 Å². The van der Waals surface area contributed by atoms with Gasteiger partial charge in [-0.25, -0.2) is 13.2 Å². The molecule has 0 radical (unpaired) electrons. The summed E-state index contributed by atoms with van der Waals surface area (Å²) in [6.45, 7) is 3.81. The lowest BCUT2D eigenvalue weighted by Crippen LogP contribution is -2.34. The molecule has 1 atom stereocenters. The minimum Gasteiger partial charge on any atom is -0.496 e. The quantitative estimate of drug-likeness (QED) is 0.517. The van der Waals surface area contributed by atoms with Crippen LogP contribution >= 0.6 is 0 Å². The third kappa shape index (κ3) is 4.70. The van der Waals surface area contributed by atoms with Crippen LogP contribution in [0.5, 0.6) is 5.75 Å². The normalized spacial score (nSPS) is 20.8. The largest absolute Gasteiger partial charge is 0.496 e. The lowest BCUT2D eigenvalue weighted by Gasteiger charge is -2.40. The van der Waals surface area contributed by atoms with Gasteiger partial charge >= 0.3 is 0 Å². The Morgan fingerprint density at radius 3 is 2.62 bits per heavy atom. The molecular formula is C26H28F3NO2. The van der Waals surface area contributed by atoms with E-state index < -0.39 is 17.5 Å². The van der Waals surface area contributed by atoms with Crippen LogP contribution in [0, 0.1) is 24.4 Å². The van der Waals surface area contributed by atoms with Crippen LogP contribution in [0.2, 0.25) is 0 Å². The van der Waals surface area contributed by atoms with Crippen molar-refractivity contribution in [3.63, 3.8) is 0 Å². The van der Waals surface area contributed by atoms with Crippen LogP contribution in [0.25, 0.3) is 6.08 Å². The lowest BCUT2D eigenvalue weighted by atomic mass is 9.92. The van der Waals surface area contributed by atoms with Gasteiger partial charge in [-0.15, -0.1) is 0 Å². The third-order valence-electron chi connectivity index (χ3n) is 6.16. The maximum atomic E-state index is 14.0. The van der Waals surface area contributed by atoms with Gasteiger partial charge < -0.3 is 14.4 Å². The predicted molar refractivity (Wildman–Crippen MR) is 119 cm³/mol. The zero-order chi connectivity index (χ0) is 22.7. The Hall–Kier alpha value is -2.73. The summed E-state index contributed by atoms with van der Waals surface area (Å²) in [5.74, 6) is -2.92. The average Bonchev–Trinajstić information content (AvgIpc) is 2.89. The first-order valence-electron chi connectivity index (χ1n) is 11.0. The molecule has 0 spiro atoms. The molecule has 6 heteroatoms. The van der Waals surface area contributed by atoms with Gasteiger partial charge in [0, 0.05) is 18.8 Å². The van der Waals surface area contributed by atoms with E-state index in [2.05, 4.69) is 23.1 Å². The summed E-state index contributed by atoms with van der Waals surface area (Å²) < 4.78 is 52.9. The summed E-state index contributed by atoms with van der Waals surface area (Å²) in [6, 6.07) is 8.03. The first-order valence-corrected chi connectivity index (χ1v) is 11.0. The Labute approximate surface area is 187 Å². The molecule has 2 aromatic carbocycles. The number of benzene rings is 2. The van der Waals surface area contributed by atoms with Crippen LogP contribution in [0.4, 0.5) is 13.2 Å². The fourth-order valence-electron chi connectivity index (χ4n) is 4.56. The molecule has 1 unspecified atom stereocenters. The highest BCUT2D eigenvalue weighted by Gasteiger charge is 2.29. The van der Waals surface area contributed by atoms with Gasteiger partial charge in [0.2, 0.25) is 0 Å². The number of allylic oxidation sites excluding steroid dienone is 1. The first kappa shape index (κ1) is 22.5. The van der Waals surface area contributed by atoms with Crippen molar-refractivity contribution in [3.8, 4) is 5.75 Å². The summed E-state index contributed by atoms with van der Waals surface area (Å²) in [4.78, 5) is 2.20. The van der Waals surface area contributed by atoms with E-state index in [0.29, 0.717) is 25.2 Å². The number of hydrogen-bond acceptors (Lipinski definition) is 3. The molecule has 3 nitrogen and oxygen atoms in total. The van der Waals surface area contributed by atoms with Crippen molar-refractivity contribution in [1.82, 2.24) is 4.90 Å². The van der Waals surface area contributed by atoms with Crippen LogP contribution in [0.3, 0.4) is 0 Å². The molecule has 0 aromatic heterocycles. The molecule has 4 rings (SSSR count). The second-order valence-corrected chi connectivity index (χ2v) is 8.29. The van der Waals surface area contributed by atoms with E-state index in [0.717, 1.165) is 66.1 Å². The molecule has 2 aromatic rings. The van der Waals surface area contributed by atoms with Gasteiger partial charge in [-0.1, -0.05) is 18.2 Å². The zero-order valence-corrected chi connectivity index (χ0v) is 18.5. The van der Waals surface area contributed by atoms with Gasteiger partial charge in [-0.05, 0) is 79.1 Å². The minimum atomic E-state index is -1.43. The summed E-state index contributed by atoms with van der Waals surface area (Å²) in [5.41, 5.74) is 4.75. The number of methoxy groups -OCH3 is 1. The Balaban J connectivity index is 1.74. The number of aryl methyl sites for hydroxylation is 1. The van der Waals surface area contributed by atoms with Crippen molar-refractivity contribution >= 4 is 6.08 Å². The highest BCUT2D eigenvalue weighted by molar-refractivity contribution is 5.61. The van der Waals surface area contributed by atoms with Gasteiger partial charge in [-0.3, -0.25) is 0 Å². The van der Waals surface area contributed by atoms with E-state index >= 15 is 0 Å². The number of hydrogen-bond donors (Lipinski definition) is 0. The van der Waals surface area contributed by atoms with E-state index in [-0.39, 0.29) is 6.04 Å². The molecule has 0 bridgehead atoms. The summed E-state index contributed by atoms with van der Waals surface area (Å²) in [6.07, 6.45) is 7.42. The van der Waals surface area contributed by atoms with E-state index in [1.165, 1.54) is 0 Å². The van der Waals surface area contributed by atoms with E-state index in [9.17, 15) is 13.2 Å². The number of ether oxygens (including phenoxy) is 2. The fourth-order valence-corrected chi connectivity index (χ4v) is 4.56. The molecule has 2 aliphatic heterocycles. The van der Waals surface area contributed by atoms with Gasteiger partial charge in [0.05, 0.1) is 19.8 Å². The molecule has 0 amide bonds. The minimum absolute atomic E-state index is 0.305. The highest BCUT2D eigenvalue weighted by Crippen LogP contribution is 2.38. The molecular weight excluding hydrogens is 415 g/mol. The van der Waals surface area contributed by atoms with Crippen molar-refractivity contribution in [2.75, 3.05) is 26.9 Å². The SMILES string of the molecule is COc1cc(C=C2CCCN3C2=CCCOCCC3c2cc(F)c(F)c(F)c2)ccc1C. The van der Waals surface area contributed by atoms with Crippen molar-refractivity contribution in [2.24, 2.45) is 0 Å². The monoisotopic (exact) mass is 443 g/mol. The van der Waals surface area contributed by atoms with Crippen molar-refractivity contribution < 1.29 is 22.6 Å². The van der Waals surface area contributed by atoms with Gasteiger partial charge in [0.15, 0.2) is 17.5 Å². The fraction of sp³-hybridized carbons (Fsp3) is 0.385. The second-order valence-electron chi connectivity index (χ2n) is 8.29. The van der Waals surface area contributed by atoms with Gasteiger partial charge in [0.1, 0.15) is 5.75 Å². The van der Waals surface area contributed by atoms with Crippen LogP contribution in [-0.2, 0) is 4.74 Å². The molecule has 170 valence electrons. The maximum absolute atomic E-state index is 14.0. The Bertz CT molecular complexity index is 1020. The molecule has 32 heavy (non-hydrogen) atoms.